The molecule has 1 saturated heterocycles. The number of amides is 2. The van der Waals surface area contributed by atoms with Crippen LogP contribution in [0.3, 0.4) is 0 Å². The maximum Gasteiger partial charge on any atom is 0.313 e. The molecule has 1 aliphatic heterocycles. The highest BCUT2D eigenvalue weighted by atomic mass is 35.5. The Hall–Kier alpha value is -2.47. The molecule has 2 heterocycles. The van der Waals surface area contributed by atoms with Crippen LogP contribution in [0.2, 0.25) is 5.02 Å². The molecule has 0 spiro atoms. The third-order valence-electron chi connectivity index (χ3n) is 4.81. The van der Waals surface area contributed by atoms with Gasteiger partial charge in [-0.1, -0.05) is 30.7 Å². The number of rotatable bonds is 2. The molecule has 0 radical (unpaired) electrons. The number of aromatic nitrogens is 1. The number of hydrogen-bond donors (Lipinski definition) is 1. The highest BCUT2D eigenvalue weighted by Gasteiger charge is 2.34. The fraction of sp³-hybridized carbons (Fsp3) is 0.350. The molecule has 1 fully saturated rings. The van der Waals surface area contributed by atoms with Crippen LogP contribution in [0.25, 0.3) is 0 Å². The van der Waals surface area contributed by atoms with E-state index in [1.807, 2.05) is 6.92 Å². The Balaban J connectivity index is 1.79. The Kier molecular flexibility index (Phi) is 5.75. The van der Waals surface area contributed by atoms with Gasteiger partial charge in [-0.15, -0.1) is 0 Å². The normalized spacial score (nSPS) is 19.6. The van der Waals surface area contributed by atoms with Crippen LogP contribution in [-0.2, 0) is 9.59 Å². The molecule has 0 bridgehead atoms. The van der Waals surface area contributed by atoms with E-state index in [4.69, 9.17) is 11.6 Å². The van der Waals surface area contributed by atoms with Gasteiger partial charge >= 0.3 is 11.8 Å². The number of benzene rings is 1. The summed E-state index contributed by atoms with van der Waals surface area (Å²) >= 11 is 6.02. The lowest BCUT2D eigenvalue weighted by molar-refractivity contribution is -0.146. The van der Waals surface area contributed by atoms with Crippen LogP contribution in [0.4, 0.5) is 10.1 Å². The summed E-state index contributed by atoms with van der Waals surface area (Å²) in [6.45, 7) is 4.27. The number of carbonyl (C=O) groups excluding carboxylic acids is 2. The zero-order valence-electron chi connectivity index (χ0n) is 15.2. The van der Waals surface area contributed by atoms with Crippen molar-refractivity contribution in [1.29, 1.82) is 0 Å². The molecule has 7 heteroatoms. The van der Waals surface area contributed by atoms with E-state index in [9.17, 15) is 14.0 Å². The van der Waals surface area contributed by atoms with E-state index in [-0.39, 0.29) is 17.8 Å². The van der Waals surface area contributed by atoms with Gasteiger partial charge in [-0.2, -0.15) is 0 Å². The number of carbonyl (C=O) groups is 2. The van der Waals surface area contributed by atoms with Crippen LogP contribution >= 0.6 is 11.6 Å². The predicted octanol–water partition coefficient (Wildman–Crippen LogP) is 4.12. The molecule has 3 rings (SSSR count). The van der Waals surface area contributed by atoms with E-state index in [1.54, 1.807) is 30.0 Å². The minimum Gasteiger partial charge on any atom is -0.327 e. The average Bonchev–Trinajstić information content (AvgIpc) is 2.65. The molecule has 0 saturated carbocycles. The summed E-state index contributed by atoms with van der Waals surface area (Å²) in [5.74, 6) is -1.40. The zero-order valence-corrected chi connectivity index (χ0v) is 16.0. The standard InChI is InChI=1S/C20H21ClFN3O2/c1-12-3-8-18(14-4-6-15(22)7-5-14)25(11-12)20(27)19(26)24-16-9-17(21)13(2)23-10-16/h4-7,9-10,12,18H,3,8,11H2,1-2H3,(H,24,26). The number of anilines is 1. The number of nitrogens with one attached hydrogen (secondary N) is 1. The largest absolute Gasteiger partial charge is 0.327 e. The van der Waals surface area contributed by atoms with Gasteiger partial charge in [-0.05, 0) is 49.4 Å². The van der Waals surface area contributed by atoms with E-state index in [0.717, 1.165) is 18.4 Å². The van der Waals surface area contributed by atoms with Crippen LogP contribution in [0.5, 0.6) is 0 Å². The monoisotopic (exact) mass is 389 g/mol. The lowest BCUT2D eigenvalue weighted by Gasteiger charge is -2.38. The average molecular weight is 390 g/mol. The first-order chi connectivity index (χ1) is 12.8. The van der Waals surface area contributed by atoms with Gasteiger partial charge in [0.1, 0.15) is 5.82 Å². The SMILES string of the molecule is Cc1ncc(NC(=O)C(=O)N2CC(C)CCC2c2ccc(F)cc2)cc1Cl. The van der Waals surface area contributed by atoms with Crippen molar-refractivity contribution >= 4 is 29.1 Å². The topological polar surface area (TPSA) is 62.3 Å². The minimum absolute atomic E-state index is 0.250. The molecule has 1 N–H and O–H groups in total. The quantitative estimate of drug-likeness (QED) is 0.786. The Morgan fingerprint density at radius 2 is 1.96 bits per heavy atom. The van der Waals surface area contributed by atoms with Gasteiger partial charge < -0.3 is 10.2 Å². The molecule has 5 nitrogen and oxygen atoms in total. The van der Waals surface area contributed by atoms with Gasteiger partial charge in [0.15, 0.2) is 0 Å². The van der Waals surface area contributed by atoms with Gasteiger partial charge in [0.05, 0.1) is 28.6 Å². The number of nitrogens with zero attached hydrogens (tertiary/aromatic N) is 2. The summed E-state index contributed by atoms with van der Waals surface area (Å²) in [5.41, 5.74) is 1.83. The highest BCUT2D eigenvalue weighted by Crippen LogP contribution is 2.33. The minimum atomic E-state index is -0.738. The fourth-order valence-electron chi connectivity index (χ4n) is 3.30. The maximum atomic E-state index is 13.2. The summed E-state index contributed by atoms with van der Waals surface area (Å²) in [6.07, 6.45) is 3.12. The third-order valence-corrected chi connectivity index (χ3v) is 5.19. The van der Waals surface area contributed by atoms with Gasteiger partial charge in [-0.25, -0.2) is 4.39 Å². The molecule has 142 valence electrons. The van der Waals surface area contributed by atoms with E-state index in [2.05, 4.69) is 10.3 Å². The van der Waals surface area contributed by atoms with E-state index in [1.165, 1.54) is 18.3 Å². The van der Waals surface area contributed by atoms with Crippen LogP contribution in [0.15, 0.2) is 36.5 Å². The number of likely N-dealkylation sites (tertiary alicyclic amines) is 1. The van der Waals surface area contributed by atoms with Crippen LogP contribution in [-0.4, -0.2) is 28.2 Å². The second-order valence-electron chi connectivity index (χ2n) is 6.95. The Morgan fingerprint density at radius 3 is 2.63 bits per heavy atom. The Labute approximate surface area is 162 Å². The van der Waals surface area contributed by atoms with Crippen LogP contribution in [0, 0.1) is 18.7 Å². The maximum absolute atomic E-state index is 13.2. The summed E-state index contributed by atoms with van der Waals surface area (Å²) in [5, 5.41) is 2.98. The summed E-state index contributed by atoms with van der Waals surface area (Å²) in [6, 6.07) is 7.38. The van der Waals surface area contributed by atoms with Gasteiger partial charge in [0.2, 0.25) is 0 Å². The highest BCUT2D eigenvalue weighted by molar-refractivity contribution is 6.39. The summed E-state index contributed by atoms with van der Waals surface area (Å²) in [4.78, 5) is 31.0. The predicted molar refractivity (Wildman–Crippen MR) is 102 cm³/mol. The molecule has 2 unspecified atom stereocenters. The third kappa shape index (κ3) is 4.45. The lowest BCUT2D eigenvalue weighted by Crippen LogP contribution is -2.46. The first-order valence-electron chi connectivity index (χ1n) is 8.84. The van der Waals surface area contributed by atoms with Crippen molar-refractivity contribution in [1.82, 2.24) is 9.88 Å². The first kappa shape index (κ1) is 19.3. The molecule has 1 aromatic heterocycles. The number of pyridine rings is 1. The van der Waals surface area contributed by atoms with E-state index < -0.39 is 11.8 Å². The molecular formula is C20H21ClFN3O2. The van der Waals surface area contributed by atoms with Gasteiger partial charge in [0, 0.05) is 6.54 Å². The van der Waals surface area contributed by atoms with Crippen molar-refractivity contribution in [2.75, 3.05) is 11.9 Å². The number of aryl methyl sites for hydroxylation is 1. The van der Waals surface area contributed by atoms with Gasteiger partial charge in [-0.3, -0.25) is 14.6 Å². The molecular weight excluding hydrogens is 369 g/mol. The molecule has 1 aliphatic rings. The Morgan fingerprint density at radius 1 is 1.26 bits per heavy atom. The number of piperidine rings is 1. The van der Waals surface area contributed by atoms with Crippen molar-refractivity contribution < 1.29 is 14.0 Å². The van der Waals surface area contributed by atoms with E-state index >= 15 is 0 Å². The van der Waals surface area contributed by atoms with Crippen molar-refractivity contribution in [2.24, 2.45) is 5.92 Å². The summed E-state index contributed by atoms with van der Waals surface area (Å²) in [7, 11) is 0. The molecule has 2 amide bonds. The Bertz CT molecular complexity index is 857. The molecule has 27 heavy (non-hydrogen) atoms. The summed E-state index contributed by atoms with van der Waals surface area (Å²) < 4.78 is 13.2. The van der Waals surface area contributed by atoms with Gasteiger partial charge in [0.25, 0.3) is 0 Å². The van der Waals surface area contributed by atoms with Crippen LogP contribution < -0.4 is 5.32 Å². The second-order valence-corrected chi connectivity index (χ2v) is 7.36. The van der Waals surface area contributed by atoms with Crippen LogP contribution in [0.1, 0.15) is 37.1 Å². The zero-order chi connectivity index (χ0) is 19.6. The van der Waals surface area contributed by atoms with E-state index in [0.29, 0.717) is 22.9 Å². The first-order valence-corrected chi connectivity index (χ1v) is 9.22. The number of hydrogen-bond acceptors (Lipinski definition) is 3. The molecule has 1 aromatic carbocycles. The van der Waals surface area contributed by atoms with Crippen molar-refractivity contribution in [3.8, 4) is 0 Å². The molecule has 2 atom stereocenters. The molecule has 2 aromatic rings. The smallest absolute Gasteiger partial charge is 0.313 e. The van der Waals surface area contributed by atoms with Crippen molar-refractivity contribution in [2.45, 2.75) is 32.7 Å². The fourth-order valence-corrected chi connectivity index (χ4v) is 3.46. The van der Waals surface area contributed by atoms with Crippen molar-refractivity contribution in [3.05, 3.63) is 58.6 Å². The molecule has 0 aliphatic carbocycles. The number of halogens is 2. The second kappa shape index (κ2) is 8.05. The van der Waals surface area contributed by atoms with Crippen molar-refractivity contribution in [3.63, 3.8) is 0 Å². The lowest BCUT2D eigenvalue weighted by atomic mass is 9.90.